The summed E-state index contributed by atoms with van der Waals surface area (Å²) in [7, 11) is 1.24. The van der Waals surface area contributed by atoms with Crippen molar-refractivity contribution in [2.75, 3.05) is 38.2 Å². The predicted octanol–water partition coefficient (Wildman–Crippen LogP) is 0.417. The van der Waals surface area contributed by atoms with E-state index in [4.69, 9.17) is 0 Å². The Morgan fingerprint density at radius 2 is 2.18 bits per heavy atom. The molecule has 1 aliphatic heterocycles. The normalized spacial score (nSPS) is 15.8. The van der Waals surface area contributed by atoms with Crippen molar-refractivity contribution in [3.8, 4) is 0 Å². The van der Waals surface area contributed by atoms with E-state index >= 15 is 0 Å². The second kappa shape index (κ2) is 5.09. The van der Waals surface area contributed by atoms with Crippen LogP contribution in [-0.4, -0.2) is 44.2 Å². The molecule has 0 radical (unpaired) electrons. The first-order valence-electron chi connectivity index (χ1n) is 5.43. The Balaban J connectivity index is 2.21. The first kappa shape index (κ1) is 11.8. The minimum atomic E-state index is -0.630. The van der Waals surface area contributed by atoms with Gasteiger partial charge < -0.3 is 15.0 Å². The summed E-state index contributed by atoms with van der Waals surface area (Å²) in [6.07, 6.45) is 0. The second-order valence-corrected chi connectivity index (χ2v) is 3.74. The number of nitrogens with zero attached hydrogens (tertiary/aromatic N) is 2. The van der Waals surface area contributed by atoms with Crippen molar-refractivity contribution in [2.45, 2.75) is 0 Å². The summed E-state index contributed by atoms with van der Waals surface area (Å²) in [5, 5.41) is 3.18. The summed E-state index contributed by atoms with van der Waals surface area (Å²) >= 11 is 0. The van der Waals surface area contributed by atoms with Crippen LogP contribution in [0.1, 0.15) is 10.5 Å². The molecule has 0 aliphatic carbocycles. The summed E-state index contributed by atoms with van der Waals surface area (Å²) in [6.45, 7) is 3.10. The average molecular weight is 239 g/mol. The Labute approximate surface area is 98.6 Å². The van der Waals surface area contributed by atoms with Crippen molar-refractivity contribution in [3.63, 3.8) is 0 Å². The molecule has 0 spiro atoms. The third-order valence-corrected chi connectivity index (χ3v) is 2.68. The van der Waals surface area contributed by atoms with Gasteiger partial charge in [-0.15, -0.1) is 0 Å². The van der Waals surface area contributed by atoms with E-state index in [0.29, 0.717) is 5.69 Å². The van der Waals surface area contributed by atoms with Gasteiger partial charge in [-0.2, -0.15) is 4.39 Å². The van der Waals surface area contributed by atoms with Gasteiger partial charge in [-0.05, 0) is 12.1 Å². The minimum Gasteiger partial charge on any atom is -0.464 e. The summed E-state index contributed by atoms with van der Waals surface area (Å²) in [5.74, 6) is -1.26. The summed E-state index contributed by atoms with van der Waals surface area (Å²) in [5.41, 5.74) is 0.419. The van der Waals surface area contributed by atoms with Crippen LogP contribution in [0.4, 0.5) is 10.1 Å². The lowest BCUT2D eigenvalue weighted by atomic mass is 10.2. The van der Waals surface area contributed by atoms with Crippen LogP contribution in [0.15, 0.2) is 12.1 Å². The molecule has 2 rings (SSSR count). The number of piperazine rings is 1. The maximum absolute atomic E-state index is 13.8. The highest BCUT2D eigenvalue weighted by Gasteiger charge is 2.17. The Bertz CT molecular complexity index is 419. The highest BCUT2D eigenvalue weighted by molar-refractivity contribution is 5.87. The predicted molar refractivity (Wildman–Crippen MR) is 60.6 cm³/mol. The van der Waals surface area contributed by atoms with Gasteiger partial charge >= 0.3 is 5.97 Å². The molecule has 1 aromatic heterocycles. The van der Waals surface area contributed by atoms with Crippen LogP contribution in [0.5, 0.6) is 0 Å². The molecule has 1 saturated heterocycles. The minimum absolute atomic E-state index is 0.0103. The van der Waals surface area contributed by atoms with E-state index < -0.39 is 11.9 Å². The van der Waals surface area contributed by atoms with Gasteiger partial charge in [-0.3, -0.25) is 0 Å². The average Bonchev–Trinajstić information content (AvgIpc) is 2.38. The molecule has 1 N–H and O–H groups in total. The number of esters is 1. The van der Waals surface area contributed by atoms with Crippen LogP contribution >= 0.6 is 0 Å². The lowest BCUT2D eigenvalue weighted by molar-refractivity contribution is 0.0592. The maximum atomic E-state index is 13.8. The molecule has 6 heteroatoms. The van der Waals surface area contributed by atoms with Crippen LogP contribution in [0.2, 0.25) is 0 Å². The number of aromatic nitrogens is 1. The zero-order chi connectivity index (χ0) is 12.3. The Morgan fingerprint density at radius 3 is 2.76 bits per heavy atom. The number of carbonyl (C=O) groups is 1. The van der Waals surface area contributed by atoms with Crippen molar-refractivity contribution in [3.05, 3.63) is 23.8 Å². The molecule has 0 amide bonds. The van der Waals surface area contributed by atoms with Gasteiger partial charge in [0, 0.05) is 26.2 Å². The number of pyridine rings is 1. The smallest absolute Gasteiger partial charge is 0.356 e. The van der Waals surface area contributed by atoms with E-state index in [1.807, 2.05) is 4.90 Å². The van der Waals surface area contributed by atoms with Crippen molar-refractivity contribution in [1.29, 1.82) is 0 Å². The largest absolute Gasteiger partial charge is 0.464 e. The van der Waals surface area contributed by atoms with E-state index in [1.165, 1.54) is 13.2 Å². The Hall–Kier alpha value is -1.69. The van der Waals surface area contributed by atoms with Gasteiger partial charge in [0.1, 0.15) is 0 Å². The number of ether oxygens (including phenoxy) is 1. The first-order valence-corrected chi connectivity index (χ1v) is 5.43. The topological polar surface area (TPSA) is 54.5 Å². The van der Waals surface area contributed by atoms with Gasteiger partial charge in [0.25, 0.3) is 0 Å². The third kappa shape index (κ3) is 2.52. The number of methoxy groups -OCH3 is 1. The van der Waals surface area contributed by atoms with Gasteiger partial charge in [0.15, 0.2) is 5.69 Å². The van der Waals surface area contributed by atoms with Crippen LogP contribution < -0.4 is 10.2 Å². The molecule has 92 valence electrons. The van der Waals surface area contributed by atoms with Gasteiger partial charge in [-0.25, -0.2) is 9.78 Å². The Morgan fingerprint density at radius 1 is 1.47 bits per heavy atom. The van der Waals surface area contributed by atoms with E-state index in [0.717, 1.165) is 26.2 Å². The highest BCUT2D eigenvalue weighted by atomic mass is 19.1. The number of anilines is 1. The number of rotatable bonds is 2. The second-order valence-electron chi connectivity index (χ2n) is 3.74. The fourth-order valence-electron chi connectivity index (χ4n) is 1.79. The van der Waals surface area contributed by atoms with E-state index in [9.17, 15) is 9.18 Å². The molecule has 0 unspecified atom stereocenters. The van der Waals surface area contributed by atoms with E-state index in [1.54, 1.807) is 6.07 Å². The summed E-state index contributed by atoms with van der Waals surface area (Å²) in [4.78, 5) is 16.7. The molecule has 1 aliphatic rings. The number of nitrogens with one attached hydrogen (secondary N) is 1. The van der Waals surface area contributed by atoms with Crippen molar-refractivity contribution >= 4 is 11.7 Å². The fourth-order valence-corrected chi connectivity index (χ4v) is 1.79. The number of halogens is 1. The van der Waals surface area contributed by atoms with Crippen molar-refractivity contribution in [2.24, 2.45) is 0 Å². The van der Waals surface area contributed by atoms with E-state index in [2.05, 4.69) is 15.0 Å². The molecule has 0 bridgehead atoms. The number of hydrogen-bond acceptors (Lipinski definition) is 5. The van der Waals surface area contributed by atoms with Crippen molar-refractivity contribution < 1.29 is 13.9 Å². The molecule has 0 atom stereocenters. The molecule has 5 nitrogen and oxygen atoms in total. The summed E-state index contributed by atoms with van der Waals surface area (Å²) in [6, 6.07) is 3.05. The molecule has 0 saturated carbocycles. The number of carbonyl (C=O) groups excluding carboxylic acids is 1. The van der Waals surface area contributed by atoms with Gasteiger partial charge in [-0.1, -0.05) is 0 Å². The molecule has 17 heavy (non-hydrogen) atoms. The number of hydrogen-bond donors (Lipinski definition) is 1. The lowest BCUT2D eigenvalue weighted by Crippen LogP contribution is -2.44. The van der Waals surface area contributed by atoms with Crippen LogP contribution in [-0.2, 0) is 4.74 Å². The SMILES string of the molecule is COC(=O)c1ccc(N2CCNCC2)c(F)n1. The molecule has 1 fully saturated rings. The molecule has 0 aromatic carbocycles. The molecule has 2 heterocycles. The molecular weight excluding hydrogens is 225 g/mol. The van der Waals surface area contributed by atoms with Crippen LogP contribution in [0.25, 0.3) is 0 Å². The lowest BCUT2D eigenvalue weighted by Gasteiger charge is -2.29. The maximum Gasteiger partial charge on any atom is 0.356 e. The van der Waals surface area contributed by atoms with Crippen LogP contribution in [0.3, 0.4) is 0 Å². The van der Waals surface area contributed by atoms with Gasteiger partial charge in [0.2, 0.25) is 5.95 Å². The first-order chi connectivity index (χ1) is 8.22. The quantitative estimate of drug-likeness (QED) is 0.598. The third-order valence-electron chi connectivity index (χ3n) is 2.68. The molecular formula is C11H14FN3O2. The standard InChI is InChI=1S/C11H14FN3O2/c1-17-11(16)8-2-3-9(10(12)14-8)15-6-4-13-5-7-15/h2-3,13H,4-7H2,1H3. The fraction of sp³-hybridized carbons (Fsp3) is 0.455. The highest BCUT2D eigenvalue weighted by Crippen LogP contribution is 2.18. The molecule has 1 aromatic rings. The van der Waals surface area contributed by atoms with Crippen molar-refractivity contribution in [1.82, 2.24) is 10.3 Å². The monoisotopic (exact) mass is 239 g/mol. The zero-order valence-corrected chi connectivity index (χ0v) is 9.57. The van der Waals surface area contributed by atoms with Crippen LogP contribution in [0, 0.1) is 5.95 Å². The summed E-state index contributed by atoms with van der Waals surface area (Å²) < 4.78 is 18.2. The van der Waals surface area contributed by atoms with E-state index in [-0.39, 0.29) is 5.69 Å². The van der Waals surface area contributed by atoms with Gasteiger partial charge in [0.05, 0.1) is 12.8 Å². The zero-order valence-electron chi connectivity index (χ0n) is 9.57. The Kier molecular flexibility index (Phi) is 3.53.